The molecule has 1 aromatic carbocycles. The highest BCUT2D eigenvalue weighted by Gasteiger charge is 2.22. The normalized spacial score (nSPS) is 12.4. The van der Waals surface area contributed by atoms with Crippen molar-refractivity contribution >= 4 is 17.5 Å². The summed E-state index contributed by atoms with van der Waals surface area (Å²) in [6, 6.07) is 5.88. The van der Waals surface area contributed by atoms with E-state index in [4.69, 9.17) is 11.6 Å². The van der Waals surface area contributed by atoms with Gasteiger partial charge in [0, 0.05) is 6.04 Å². The first-order valence-corrected chi connectivity index (χ1v) is 8.99. The molecule has 0 saturated heterocycles. The second-order valence-electron chi connectivity index (χ2n) is 6.84. The fourth-order valence-electron chi connectivity index (χ4n) is 2.71. The van der Waals surface area contributed by atoms with Crippen molar-refractivity contribution in [2.24, 2.45) is 5.92 Å². The van der Waals surface area contributed by atoms with Crippen molar-refractivity contribution in [3.63, 3.8) is 0 Å². The van der Waals surface area contributed by atoms with Crippen LogP contribution in [0.25, 0.3) is 5.69 Å². The summed E-state index contributed by atoms with van der Waals surface area (Å²) in [6.45, 7) is 8.11. The van der Waals surface area contributed by atoms with Gasteiger partial charge in [-0.1, -0.05) is 38.3 Å². The summed E-state index contributed by atoms with van der Waals surface area (Å²) in [5.41, 5.74) is 1.52. The van der Waals surface area contributed by atoms with E-state index >= 15 is 0 Å². The largest absolute Gasteiger partial charge is 0.349 e. The fraction of sp³-hybridized carbons (Fsp3) is 0.474. The van der Waals surface area contributed by atoms with Crippen molar-refractivity contribution in [1.82, 2.24) is 15.1 Å². The summed E-state index contributed by atoms with van der Waals surface area (Å²) in [7, 11) is 0. The van der Waals surface area contributed by atoms with Crippen LogP contribution in [0.1, 0.15) is 56.1 Å². The van der Waals surface area contributed by atoms with Gasteiger partial charge in [-0.2, -0.15) is 5.10 Å². The predicted octanol–water partition coefficient (Wildman–Crippen LogP) is 4.92. The smallest absolute Gasteiger partial charge is 0.256 e. The maximum absolute atomic E-state index is 13.1. The summed E-state index contributed by atoms with van der Waals surface area (Å²) < 4.78 is 14.5. The van der Waals surface area contributed by atoms with E-state index in [1.165, 1.54) is 16.8 Å². The van der Waals surface area contributed by atoms with E-state index in [1.807, 2.05) is 6.92 Å². The first-order valence-electron chi connectivity index (χ1n) is 8.61. The SMILES string of the molecule is Cc1nn(-c2ccc(F)cc2)c(Cl)c1C(=O)NC(C)CCCC(C)C. The Labute approximate surface area is 153 Å². The summed E-state index contributed by atoms with van der Waals surface area (Å²) >= 11 is 6.37. The minimum Gasteiger partial charge on any atom is -0.349 e. The van der Waals surface area contributed by atoms with Crippen LogP contribution in [0.5, 0.6) is 0 Å². The third-order valence-corrected chi connectivity index (χ3v) is 4.45. The van der Waals surface area contributed by atoms with Crippen LogP contribution in [-0.4, -0.2) is 21.7 Å². The number of aromatic nitrogens is 2. The maximum atomic E-state index is 13.1. The standard InChI is InChI=1S/C19H25ClFN3O/c1-12(2)6-5-7-13(3)22-19(25)17-14(4)23-24(18(17)20)16-10-8-15(21)9-11-16/h8-13H,5-7H2,1-4H3,(H,22,25). The van der Waals surface area contributed by atoms with Gasteiger partial charge in [-0.3, -0.25) is 4.79 Å². The molecule has 25 heavy (non-hydrogen) atoms. The highest BCUT2D eigenvalue weighted by atomic mass is 35.5. The van der Waals surface area contributed by atoms with E-state index in [2.05, 4.69) is 24.3 Å². The van der Waals surface area contributed by atoms with Crippen molar-refractivity contribution in [2.45, 2.75) is 53.0 Å². The van der Waals surface area contributed by atoms with Crippen LogP contribution < -0.4 is 5.32 Å². The van der Waals surface area contributed by atoms with E-state index in [0.29, 0.717) is 22.9 Å². The Balaban J connectivity index is 2.11. The van der Waals surface area contributed by atoms with Crippen LogP contribution in [-0.2, 0) is 0 Å². The second kappa shape index (κ2) is 8.48. The van der Waals surface area contributed by atoms with Crippen LogP contribution in [0.3, 0.4) is 0 Å². The molecule has 1 unspecified atom stereocenters. The van der Waals surface area contributed by atoms with Crippen molar-refractivity contribution in [2.75, 3.05) is 0 Å². The highest BCUT2D eigenvalue weighted by Crippen LogP contribution is 2.24. The summed E-state index contributed by atoms with van der Waals surface area (Å²) in [4.78, 5) is 12.6. The van der Waals surface area contributed by atoms with E-state index in [-0.39, 0.29) is 22.9 Å². The van der Waals surface area contributed by atoms with Gasteiger partial charge in [0.1, 0.15) is 11.0 Å². The third kappa shape index (κ3) is 5.05. The Bertz CT molecular complexity index is 725. The molecule has 1 aromatic heterocycles. The Morgan fingerprint density at radius 1 is 1.24 bits per heavy atom. The van der Waals surface area contributed by atoms with Gasteiger partial charge in [0.05, 0.1) is 16.9 Å². The quantitative estimate of drug-likeness (QED) is 0.757. The van der Waals surface area contributed by atoms with Crippen molar-refractivity contribution < 1.29 is 9.18 Å². The second-order valence-corrected chi connectivity index (χ2v) is 7.20. The van der Waals surface area contributed by atoms with Gasteiger partial charge in [0.15, 0.2) is 0 Å². The lowest BCUT2D eigenvalue weighted by Gasteiger charge is -2.14. The molecule has 4 nitrogen and oxygen atoms in total. The van der Waals surface area contributed by atoms with Crippen LogP contribution in [0.15, 0.2) is 24.3 Å². The van der Waals surface area contributed by atoms with Crippen molar-refractivity contribution in [3.8, 4) is 5.69 Å². The molecular weight excluding hydrogens is 341 g/mol. The number of nitrogens with one attached hydrogen (secondary N) is 1. The number of aryl methyl sites for hydroxylation is 1. The Hall–Kier alpha value is -1.88. The zero-order valence-electron chi connectivity index (χ0n) is 15.1. The molecule has 0 aliphatic carbocycles. The predicted molar refractivity (Wildman–Crippen MR) is 98.9 cm³/mol. The zero-order chi connectivity index (χ0) is 18.6. The number of nitrogens with zero attached hydrogens (tertiary/aromatic N) is 2. The van der Waals surface area contributed by atoms with E-state index < -0.39 is 0 Å². The van der Waals surface area contributed by atoms with Gasteiger partial charge in [-0.25, -0.2) is 9.07 Å². The molecule has 2 aromatic rings. The summed E-state index contributed by atoms with van der Waals surface area (Å²) in [5.74, 6) is 0.0957. The number of hydrogen-bond donors (Lipinski definition) is 1. The van der Waals surface area contributed by atoms with Gasteiger partial charge in [0.2, 0.25) is 0 Å². The number of rotatable bonds is 7. The molecule has 1 atom stereocenters. The molecule has 136 valence electrons. The number of amides is 1. The molecule has 0 aliphatic rings. The van der Waals surface area contributed by atoms with Crippen LogP contribution in [0.4, 0.5) is 4.39 Å². The first-order chi connectivity index (χ1) is 11.8. The number of carbonyl (C=O) groups excluding carboxylic acids is 1. The summed E-state index contributed by atoms with van der Waals surface area (Å²) in [6.07, 6.45) is 3.13. The lowest BCUT2D eigenvalue weighted by molar-refractivity contribution is 0.0937. The summed E-state index contributed by atoms with van der Waals surface area (Å²) in [5, 5.41) is 7.55. The van der Waals surface area contributed by atoms with Crippen LogP contribution >= 0.6 is 11.6 Å². The minimum atomic E-state index is -0.336. The van der Waals surface area contributed by atoms with E-state index in [1.54, 1.807) is 19.1 Å². The Morgan fingerprint density at radius 2 is 1.88 bits per heavy atom. The minimum absolute atomic E-state index is 0.0656. The molecule has 2 rings (SSSR count). The maximum Gasteiger partial charge on any atom is 0.256 e. The van der Waals surface area contributed by atoms with Crippen molar-refractivity contribution in [3.05, 3.63) is 46.5 Å². The lowest BCUT2D eigenvalue weighted by atomic mass is 10.0. The van der Waals surface area contributed by atoms with Gasteiger partial charge in [-0.15, -0.1) is 0 Å². The molecule has 0 fully saturated rings. The van der Waals surface area contributed by atoms with Crippen LogP contribution in [0, 0.1) is 18.7 Å². The first kappa shape index (κ1) is 19.4. The number of halogens is 2. The molecule has 6 heteroatoms. The third-order valence-electron chi connectivity index (χ3n) is 4.10. The van der Waals surface area contributed by atoms with Crippen LogP contribution in [0.2, 0.25) is 5.15 Å². The number of benzene rings is 1. The average molecular weight is 366 g/mol. The molecule has 0 aliphatic heterocycles. The molecule has 0 radical (unpaired) electrons. The molecular formula is C19H25ClFN3O. The molecule has 1 amide bonds. The number of hydrogen-bond acceptors (Lipinski definition) is 2. The van der Waals surface area contributed by atoms with Gasteiger partial charge in [-0.05, 0) is 50.5 Å². The fourth-order valence-corrected chi connectivity index (χ4v) is 3.07. The van der Waals surface area contributed by atoms with Gasteiger partial charge in [0.25, 0.3) is 5.91 Å². The Kier molecular flexibility index (Phi) is 6.59. The molecule has 0 bridgehead atoms. The van der Waals surface area contributed by atoms with E-state index in [0.717, 1.165) is 19.3 Å². The van der Waals surface area contributed by atoms with Crippen molar-refractivity contribution in [1.29, 1.82) is 0 Å². The molecule has 1 N–H and O–H groups in total. The topological polar surface area (TPSA) is 46.9 Å². The van der Waals surface area contributed by atoms with Gasteiger partial charge >= 0.3 is 0 Å². The number of carbonyl (C=O) groups is 1. The monoisotopic (exact) mass is 365 g/mol. The van der Waals surface area contributed by atoms with E-state index in [9.17, 15) is 9.18 Å². The average Bonchev–Trinajstić information content (AvgIpc) is 2.82. The molecule has 0 spiro atoms. The molecule has 0 saturated carbocycles. The van der Waals surface area contributed by atoms with Gasteiger partial charge < -0.3 is 5.32 Å². The molecule has 1 heterocycles. The highest BCUT2D eigenvalue weighted by molar-refractivity contribution is 6.33. The lowest BCUT2D eigenvalue weighted by Crippen LogP contribution is -2.33. The Morgan fingerprint density at radius 3 is 2.48 bits per heavy atom. The zero-order valence-corrected chi connectivity index (χ0v) is 15.9.